The van der Waals surface area contributed by atoms with Crippen molar-refractivity contribution in [1.82, 2.24) is 0 Å². The molecule has 0 fully saturated rings. The third-order valence-electron chi connectivity index (χ3n) is 1.71. The molecule has 0 bridgehead atoms. The standard InChI is InChI=1S/C9H9BrFNO/c10-7-3-1-2-6(4-5-11)8(7)9(12)13/h1-3H,4-5H2,(H2,12,13). The highest BCUT2D eigenvalue weighted by atomic mass is 79.9. The molecule has 4 heteroatoms. The smallest absolute Gasteiger partial charge is 0.250 e. The van der Waals surface area contributed by atoms with E-state index in [1.807, 2.05) is 0 Å². The van der Waals surface area contributed by atoms with Crippen LogP contribution in [0.4, 0.5) is 4.39 Å². The predicted octanol–water partition coefficient (Wildman–Crippen LogP) is 2.06. The molecule has 13 heavy (non-hydrogen) atoms. The van der Waals surface area contributed by atoms with Gasteiger partial charge < -0.3 is 5.73 Å². The average Bonchev–Trinajstić information content (AvgIpc) is 2.04. The lowest BCUT2D eigenvalue weighted by Gasteiger charge is -2.05. The predicted molar refractivity (Wildman–Crippen MR) is 52.3 cm³/mol. The molecule has 0 radical (unpaired) electrons. The molecule has 0 aromatic heterocycles. The van der Waals surface area contributed by atoms with E-state index in [9.17, 15) is 9.18 Å². The van der Waals surface area contributed by atoms with Crippen molar-refractivity contribution in [2.75, 3.05) is 6.67 Å². The van der Waals surface area contributed by atoms with Gasteiger partial charge in [0.25, 0.3) is 0 Å². The summed E-state index contributed by atoms with van der Waals surface area (Å²) in [5.41, 5.74) is 6.17. The first-order valence-corrected chi connectivity index (χ1v) is 4.59. The molecule has 0 aliphatic heterocycles. The highest BCUT2D eigenvalue weighted by Gasteiger charge is 2.11. The van der Waals surface area contributed by atoms with Crippen molar-refractivity contribution in [2.24, 2.45) is 5.73 Å². The number of halogens is 2. The van der Waals surface area contributed by atoms with Gasteiger partial charge in [0.05, 0.1) is 12.2 Å². The molecule has 0 spiro atoms. The van der Waals surface area contributed by atoms with E-state index < -0.39 is 12.6 Å². The van der Waals surface area contributed by atoms with Gasteiger partial charge in [-0.15, -0.1) is 0 Å². The lowest BCUT2D eigenvalue weighted by Crippen LogP contribution is -2.14. The van der Waals surface area contributed by atoms with Crippen LogP contribution in [0.2, 0.25) is 0 Å². The molecular formula is C9H9BrFNO. The second-order valence-corrected chi connectivity index (χ2v) is 3.43. The van der Waals surface area contributed by atoms with Crippen LogP contribution in [0, 0.1) is 0 Å². The summed E-state index contributed by atoms with van der Waals surface area (Å²) in [6.07, 6.45) is 0.220. The van der Waals surface area contributed by atoms with Gasteiger partial charge in [-0.3, -0.25) is 9.18 Å². The summed E-state index contributed by atoms with van der Waals surface area (Å²) in [6, 6.07) is 5.16. The Kier molecular flexibility index (Phi) is 3.42. The summed E-state index contributed by atoms with van der Waals surface area (Å²) in [5.74, 6) is -0.532. The minimum absolute atomic E-state index is 0.220. The van der Waals surface area contributed by atoms with Gasteiger partial charge in [-0.25, -0.2) is 0 Å². The minimum atomic E-state index is -0.532. The number of hydrogen-bond acceptors (Lipinski definition) is 1. The van der Waals surface area contributed by atoms with E-state index in [0.29, 0.717) is 15.6 Å². The second-order valence-electron chi connectivity index (χ2n) is 2.58. The Balaban J connectivity index is 3.17. The summed E-state index contributed by atoms with van der Waals surface area (Å²) in [7, 11) is 0. The third kappa shape index (κ3) is 2.28. The maximum atomic E-state index is 12.1. The molecule has 1 rings (SSSR count). The van der Waals surface area contributed by atoms with E-state index >= 15 is 0 Å². The molecule has 0 saturated heterocycles. The monoisotopic (exact) mass is 245 g/mol. The van der Waals surface area contributed by atoms with Crippen LogP contribution in [0.3, 0.4) is 0 Å². The van der Waals surface area contributed by atoms with Crippen molar-refractivity contribution < 1.29 is 9.18 Å². The van der Waals surface area contributed by atoms with E-state index in [1.54, 1.807) is 18.2 Å². The summed E-state index contributed by atoms with van der Waals surface area (Å²) in [6.45, 7) is -0.489. The number of amides is 1. The fraction of sp³-hybridized carbons (Fsp3) is 0.222. The van der Waals surface area contributed by atoms with Crippen LogP contribution in [-0.2, 0) is 6.42 Å². The van der Waals surface area contributed by atoms with Crippen LogP contribution in [0.1, 0.15) is 15.9 Å². The molecule has 1 aromatic carbocycles. The van der Waals surface area contributed by atoms with Crippen molar-refractivity contribution in [3.63, 3.8) is 0 Å². The summed E-state index contributed by atoms with van der Waals surface area (Å²) < 4.78 is 12.7. The fourth-order valence-corrected chi connectivity index (χ4v) is 1.76. The average molecular weight is 246 g/mol. The maximum Gasteiger partial charge on any atom is 0.250 e. The number of hydrogen-bond donors (Lipinski definition) is 1. The maximum absolute atomic E-state index is 12.1. The van der Waals surface area contributed by atoms with Crippen molar-refractivity contribution in [3.05, 3.63) is 33.8 Å². The SMILES string of the molecule is NC(=O)c1c(Br)cccc1CCF. The Bertz CT molecular complexity index is 327. The van der Waals surface area contributed by atoms with Gasteiger partial charge in [0.2, 0.25) is 5.91 Å². The third-order valence-corrected chi connectivity index (χ3v) is 2.37. The Morgan fingerprint density at radius 1 is 1.54 bits per heavy atom. The van der Waals surface area contributed by atoms with Gasteiger partial charge >= 0.3 is 0 Å². The normalized spacial score (nSPS) is 10.0. The molecule has 0 atom stereocenters. The Labute approximate surface area is 84.1 Å². The van der Waals surface area contributed by atoms with Gasteiger partial charge in [-0.1, -0.05) is 12.1 Å². The number of primary amides is 1. The highest BCUT2D eigenvalue weighted by molar-refractivity contribution is 9.10. The highest BCUT2D eigenvalue weighted by Crippen LogP contribution is 2.20. The quantitative estimate of drug-likeness (QED) is 0.871. The number of rotatable bonds is 3. The van der Waals surface area contributed by atoms with E-state index in [0.717, 1.165) is 0 Å². The van der Waals surface area contributed by atoms with Crippen LogP contribution >= 0.6 is 15.9 Å². The van der Waals surface area contributed by atoms with Gasteiger partial charge in [-0.2, -0.15) is 0 Å². The molecule has 70 valence electrons. The van der Waals surface area contributed by atoms with Gasteiger partial charge in [0.1, 0.15) is 0 Å². The second kappa shape index (κ2) is 4.37. The minimum Gasteiger partial charge on any atom is -0.366 e. The zero-order valence-electron chi connectivity index (χ0n) is 6.89. The molecular weight excluding hydrogens is 237 g/mol. The molecule has 1 amide bonds. The molecule has 2 nitrogen and oxygen atoms in total. The molecule has 0 aliphatic rings. The van der Waals surface area contributed by atoms with E-state index in [-0.39, 0.29) is 6.42 Å². The van der Waals surface area contributed by atoms with Crippen LogP contribution in [0.15, 0.2) is 22.7 Å². The number of carbonyl (C=O) groups excluding carboxylic acids is 1. The molecule has 1 aromatic rings. The summed E-state index contributed by atoms with van der Waals surface area (Å²) >= 11 is 3.19. The first kappa shape index (κ1) is 10.2. The van der Waals surface area contributed by atoms with Crippen molar-refractivity contribution in [1.29, 1.82) is 0 Å². The number of aryl methyl sites for hydroxylation is 1. The van der Waals surface area contributed by atoms with Crippen LogP contribution in [0.25, 0.3) is 0 Å². The number of benzene rings is 1. The first-order chi connectivity index (χ1) is 6.16. The number of alkyl halides is 1. The van der Waals surface area contributed by atoms with Crippen LogP contribution in [-0.4, -0.2) is 12.6 Å². The van der Waals surface area contributed by atoms with E-state index in [4.69, 9.17) is 5.73 Å². The van der Waals surface area contributed by atoms with Crippen LogP contribution in [0.5, 0.6) is 0 Å². The Hall–Kier alpha value is -0.900. The topological polar surface area (TPSA) is 43.1 Å². The number of carbonyl (C=O) groups is 1. The Morgan fingerprint density at radius 2 is 2.23 bits per heavy atom. The fourth-order valence-electron chi connectivity index (χ4n) is 1.15. The molecule has 0 aliphatic carbocycles. The van der Waals surface area contributed by atoms with Crippen LogP contribution < -0.4 is 5.73 Å². The number of nitrogens with two attached hydrogens (primary N) is 1. The molecule has 0 unspecified atom stereocenters. The Morgan fingerprint density at radius 3 is 2.77 bits per heavy atom. The lowest BCUT2D eigenvalue weighted by molar-refractivity contribution is 0.0998. The summed E-state index contributed by atoms with van der Waals surface area (Å²) in [5, 5.41) is 0. The van der Waals surface area contributed by atoms with E-state index in [1.165, 1.54) is 0 Å². The van der Waals surface area contributed by atoms with E-state index in [2.05, 4.69) is 15.9 Å². The summed E-state index contributed by atoms with van der Waals surface area (Å²) in [4.78, 5) is 11.0. The van der Waals surface area contributed by atoms with Gasteiger partial charge in [0.15, 0.2) is 0 Å². The molecule has 0 heterocycles. The van der Waals surface area contributed by atoms with Gasteiger partial charge in [0, 0.05) is 10.9 Å². The largest absolute Gasteiger partial charge is 0.366 e. The first-order valence-electron chi connectivity index (χ1n) is 3.80. The van der Waals surface area contributed by atoms with Crippen molar-refractivity contribution in [2.45, 2.75) is 6.42 Å². The van der Waals surface area contributed by atoms with Gasteiger partial charge in [-0.05, 0) is 27.6 Å². The molecule has 2 N–H and O–H groups in total. The lowest BCUT2D eigenvalue weighted by atomic mass is 10.1. The van der Waals surface area contributed by atoms with Crippen molar-refractivity contribution >= 4 is 21.8 Å². The zero-order valence-corrected chi connectivity index (χ0v) is 8.47. The zero-order chi connectivity index (χ0) is 9.84. The van der Waals surface area contributed by atoms with Crippen molar-refractivity contribution in [3.8, 4) is 0 Å². The molecule has 0 saturated carbocycles.